The van der Waals surface area contributed by atoms with Crippen LogP contribution in [0.15, 0.2) is 72.4 Å². The summed E-state index contributed by atoms with van der Waals surface area (Å²) in [4.78, 5) is 28.0. The molecule has 1 aliphatic rings. The fourth-order valence-electron chi connectivity index (χ4n) is 3.72. The summed E-state index contributed by atoms with van der Waals surface area (Å²) in [5, 5.41) is 3.15. The van der Waals surface area contributed by atoms with Gasteiger partial charge in [0.2, 0.25) is 0 Å². The lowest BCUT2D eigenvalue weighted by Gasteiger charge is -2.15. The van der Waals surface area contributed by atoms with Gasteiger partial charge in [-0.3, -0.25) is 14.5 Å². The van der Waals surface area contributed by atoms with Crippen molar-refractivity contribution < 1.29 is 18.7 Å². The van der Waals surface area contributed by atoms with Crippen molar-refractivity contribution in [1.82, 2.24) is 4.90 Å². The number of rotatable bonds is 7. The Hall–Kier alpha value is -3.93. The first-order valence-corrected chi connectivity index (χ1v) is 10.8. The Balaban J connectivity index is 1.71. The molecule has 0 spiro atoms. The molecule has 0 aromatic heterocycles. The van der Waals surface area contributed by atoms with E-state index in [9.17, 15) is 14.0 Å². The number of carbonyl (C=O) groups is 2. The van der Waals surface area contributed by atoms with E-state index in [1.807, 2.05) is 39.0 Å². The number of halogens is 1. The molecule has 1 N–H and O–H groups in total. The minimum atomic E-state index is -0.425. The second kappa shape index (κ2) is 9.28. The molecule has 3 aromatic rings. The van der Waals surface area contributed by atoms with E-state index in [0.717, 1.165) is 16.9 Å². The number of imide groups is 1. The molecule has 1 heterocycles. The topological polar surface area (TPSA) is 58.6 Å². The summed E-state index contributed by atoms with van der Waals surface area (Å²) in [6.07, 6.45) is 0. The SMILES string of the molecule is CCOc1ccc(NC2=C(c3ccc(C)c(C)c3)C(=O)N(Cc3ccc(F)cc3)C2=O)cc1. The summed E-state index contributed by atoms with van der Waals surface area (Å²) in [6, 6.07) is 18.7. The molecule has 0 saturated carbocycles. The van der Waals surface area contributed by atoms with Gasteiger partial charge in [-0.05, 0) is 79.4 Å². The van der Waals surface area contributed by atoms with Crippen LogP contribution in [0.4, 0.5) is 10.1 Å². The van der Waals surface area contributed by atoms with Crippen LogP contribution in [0.2, 0.25) is 0 Å². The van der Waals surface area contributed by atoms with E-state index < -0.39 is 5.91 Å². The number of ether oxygens (including phenoxy) is 1. The van der Waals surface area contributed by atoms with E-state index in [-0.39, 0.29) is 24.0 Å². The molecule has 5 nitrogen and oxygen atoms in total. The summed E-state index contributed by atoms with van der Waals surface area (Å²) < 4.78 is 18.8. The predicted molar refractivity (Wildman–Crippen MR) is 126 cm³/mol. The Morgan fingerprint density at radius 2 is 1.58 bits per heavy atom. The second-order valence-corrected chi connectivity index (χ2v) is 7.95. The highest BCUT2D eigenvalue weighted by atomic mass is 19.1. The summed E-state index contributed by atoms with van der Waals surface area (Å²) in [6.45, 7) is 6.48. The number of hydrogen-bond donors (Lipinski definition) is 1. The molecular formula is C27H25FN2O3. The van der Waals surface area contributed by atoms with Gasteiger partial charge in [-0.15, -0.1) is 0 Å². The van der Waals surface area contributed by atoms with Crippen molar-refractivity contribution in [2.24, 2.45) is 0 Å². The number of nitrogens with zero attached hydrogens (tertiary/aromatic N) is 1. The van der Waals surface area contributed by atoms with Gasteiger partial charge in [-0.2, -0.15) is 0 Å². The molecule has 0 fully saturated rings. The van der Waals surface area contributed by atoms with Crippen LogP contribution in [0.3, 0.4) is 0 Å². The molecule has 0 atom stereocenters. The molecule has 4 rings (SSSR count). The predicted octanol–water partition coefficient (Wildman–Crippen LogP) is 5.23. The highest BCUT2D eigenvalue weighted by Gasteiger charge is 2.39. The van der Waals surface area contributed by atoms with Gasteiger partial charge < -0.3 is 10.1 Å². The number of nitrogens with one attached hydrogen (secondary N) is 1. The van der Waals surface area contributed by atoms with E-state index in [4.69, 9.17) is 4.74 Å². The molecule has 168 valence electrons. The molecule has 0 radical (unpaired) electrons. The van der Waals surface area contributed by atoms with Crippen molar-refractivity contribution >= 4 is 23.1 Å². The van der Waals surface area contributed by atoms with Gasteiger partial charge in [-0.25, -0.2) is 4.39 Å². The van der Waals surface area contributed by atoms with Crippen molar-refractivity contribution in [2.45, 2.75) is 27.3 Å². The monoisotopic (exact) mass is 444 g/mol. The Kier molecular flexibility index (Phi) is 6.27. The average Bonchev–Trinajstić information content (AvgIpc) is 3.03. The smallest absolute Gasteiger partial charge is 0.278 e. The Bertz CT molecular complexity index is 1230. The number of anilines is 1. The number of amides is 2. The molecular weight excluding hydrogens is 419 g/mol. The first kappa shape index (κ1) is 22.3. The van der Waals surface area contributed by atoms with Gasteiger partial charge in [0.05, 0.1) is 18.7 Å². The van der Waals surface area contributed by atoms with E-state index in [0.29, 0.717) is 29.0 Å². The number of aryl methyl sites for hydroxylation is 2. The third kappa shape index (κ3) is 4.65. The zero-order chi connectivity index (χ0) is 23.5. The van der Waals surface area contributed by atoms with Crippen LogP contribution < -0.4 is 10.1 Å². The van der Waals surface area contributed by atoms with Crippen LogP contribution in [0, 0.1) is 19.7 Å². The zero-order valence-corrected chi connectivity index (χ0v) is 18.8. The van der Waals surface area contributed by atoms with Crippen LogP contribution in [0.25, 0.3) is 5.57 Å². The lowest BCUT2D eigenvalue weighted by molar-refractivity contribution is -0.137. The van der Waals surface area contributed by atoms with Gasteiger partial charge in [0.25, 0.3) is 11.8 Å². The fourth-order valence-corrected chi connectivity index (χ4v) is 3.72. The standard InChI is InChI=1S/C27H25FN2O3/c1-4-33-23-13-11-22(12-14-23)29-25-24(20-8-5-17(2)18(3)15-20)26(31)30(27(25)32)16-19-6-9-21(28)10-7-19/h5-15,29H,4,16H2,1-3H3. The molecule has 0 saturated heterocycles. The molecule has 1 aliphatic heterocycles. The molecule has 33 heavy (non-hydrogen) atoms. The van der Waals surface area contributed by atoms with Gasteiger partial charge in [0.15, 0.2) is 0 Å². The number of carbonyl (C=O) groups excluding carboxylic acids is 2. The molecule has 0 aliphatic carbocycles. The Morgan fingerprint density at radius 3 is 2.21 bits per heavy atom. The third-order valence-electron chi connectivity index (χ3n) is 5.65. The van der Waals surface area contributed by atoms with Crippen molar-refractivity contribution in [3.8, 4) is 5.75 Å². The lowest BCUT2D eigenvalue weighted by Crippen LogP contribution is -2.32. The minimum Gasteiger partial charge on any atom is -0.494 e. The van der Waals surface area contributed by atoms with Crippen LogP contribution >= 0.6 is 0 Å². The molecule has 0 unspecified atom stereocenters. The fraction of sp³-hybridized carbons (Fsp3) is 0.185. The van der Waals surface area contributed by atoms with Crippen molar-refractivity contribution in [3.05, 3.63) is 100 Å². The summed E-state index contributed by atoms with van der Waals surface area (Å²) in [5.41, 5.74) is 4.66. The molecule has 6 heteroatoms. The van der Waals surface area contributed by atoms with Crippen molar-refractivity contribution in [1.29, 1.82) is 0 Å². The Labute approximate surface area is 192 Å². The molecule has 2 amide bonds. The first-order valence-electron chi connectivity index (χ1n) is 10.8. The lowest BCUT2D eigenvalue weighted by atomic mass is 9.99. The van der Waals surface area contributed by atoms with Crippen LogP contribution in [0.1, 0.15) is 29.2 Å². The maximum atomic E-state index is 13.4. The normalized spacial score (nSPS) is 13.6. The van der Waals surface area contributed by atoms with E-state index in [2.05, 4.69) is 5.32 Å². The van der Waals surface area contributed by atoms with E-state index in [1.54, 1.807) is 36.4 Å². The van der Waals surface area contributed by atoms with Crippen LogP contribution in [-0.4, -0.2) is 23.3 Å². The van der Waals surface area contributed by atoms with Crippen molar-refractivity contribution in [3.63, 3.8) is 0 Å². The second-order valence-electron chi connectivity index (χ2n) is 7.95. The van der Waals surface area contributed by atoms with Gasteiger partial charge in [0, 0.05) is 5.69 Å². The van der Waals surface area contributed by atoms with E-state index in [1.165, 1.54) is 17.0 Å². The maximum Gasteiger partial charge on any atom is 0.278 e. The Morgan fingerprint density at radius 1 is 0.879 bits per heavy atom. The highest BCUT2D eigenvalue weighted by Crippen LogP contribution is 2.32. The molecule has 3 aromatic carbocycles. The van der Waals surface area contributed by atoms with Crippen molar-refractivity contribution in [2.75, 3.05) is 11.9 Å². The van der Waals surface area contributed by atoms with Crippen LogP contribution in [0.5, 0.6) is 5.75 Å². The summed E-state index contributed by atoms with van der Waals surface area (Å²) in [7, 11) is 0. The molecule has 0 bridgehead atoms. The highest BCUT2D eigenvalue weighted by molar-refractivity contribution is 6.36. The van der Waals surface area contributed by atoms with Gasteiger partial charge >= 0.3 is 0 Å². The largest absolute Gasteiger partial charge is 0.494 e. The van der Waals surface area contributed by atoms with Gasteiger partial charge in [-0.1, -0.05) is 30.3 Å². The first-order chi connectivity index (χ1) is 15.9. The number of benzene rings is 3. The summed E-state index contributed by atoms with van der Waals surface area (Å²) >= 11 is 0. The number of hydrogen-bond acceptors (Lipinski definition) is 4. The quantitative estimate of drug-likeness (QED) is 0.507. The van der Waals surface area contributed by atoms with Crippen LogP contribution in [-0.2, 0) is 16.1 Å². The van der Waals surface area contributed by atoms with Gasteiger partial charge in [0.1, 0.15) is 17.3 Å². The minimum absolute atomic E-state index is 0.0563. The summed E-state index contributed by atoms with van der Waals surface area (Å²) in [5.74, 6) is -0.463. The average molecular weight is 445 g/mol. The third-order valence-corrected chi connectivity index (χ3v) is 5.65. The van der Waals surface area contributed by atoms with E-state index >= 15 is 0 Å². The zero-order valence-electron chi connectivity index (χ0n) is 18.8. The maximum absolute atomic E-state index is 13.4.